The third kappa shape index (κ3) is 3.73. The summed E-state index contributed by atoms with van der Waals surface area (Å²) in [5.74, 6) is -0.327. The average Bonchev–Trinajstić information content (AvgIpc) is 2.38. The van der Waals surface area contributed by atoms with Crippen molar-refractivity contribution in [2.45, 2.75) is 13.0 Å². The predicted molar refractivity (Wildman–Crippen MR) is 66.9 cm³/mol. The van der Waals surface area contributed by atoms with Gasteiger partial charge >= 0.3 is 5.70 Å². The van der Waals surface area contributed by atoms with E-state index in [1.165, 1.54) is 13.2 Å². The number of hydrogen-bond acceptors (Lipinski definition) is 6. The van der Waals surface area contributed by atoms with E-state index in [2.05, 4.69) is 9.98 Å². The van der Waals surface area contributed by atoms with Gasteiger partial charge in [0.05, 0.1) is 30.5 Å². The Kier molecular flexibility index (Phi) is 4.92. The zero-order chi connectivity index (χ0) is 14.4. The van der Waals surface area contributed by atoms with Crippen LogP contribution < -0.4 is 10.5 Å². The number of allylic oxidation sites excluding steroid dienone is 1. The molecule has 0 radical (unpaired) electrons. The molecule has 0 saturated heterocycles. The number of rotatable bonds is 5. The van der Waals surface area contributed by atoms with Crippen LogP contribution in [0.15, 0.2) is 29.2 Å². The quantitative estimate of drug-likeness (QED) is 0.494. The van der Waals surface area contributed by atoms with Gasteiger partial charge in [-0.2, -0.15) is 0 Å². The Morgan fingerprint density at radius 3 is 2.95 bits per heavy atom. The number of aliphatic imine (C=N–C) groups is 1. The normalized spacial score (nSPS) is 13.5. The minimum Gasteiger partial charge on any atom is -0.481 e. The molecular weight excluding hydrogens is 255 g/mol. The van der Waals surface area contributed by atoms with E-state index in [9.17, 15) is 14.5 Å². The van der Waals surface area contributed by atoms with Crippen LogP contribution in [0.25, 0.3) is 0 Å². The fraction of sp³-hybridized carbons (Fsp3) is 0.273. The average molecular weight is 268 g/mol. The van der Waals surface area contributed by atoms with Crippen LogP contribution in [0, 0.1) is 15.9 Å². The van der Waals surface area contributed by atoms with E-state index in [4.69, 9.17) is 10.5 Å². The topological polar surface area (TPSA) is 104 Å². The minimum absolute atomic E-state index is 0.213. The Balaban J connectivity index is 3.01. The van der Waals surface area contributed by atoms with Crippen molar-refractivity contribution >= 4 is 6.21 Å². The van der Waals surface area contributed by atoms with Gasteiger partial charge in [-0.15, -0.1) is 0 Å². The van der Waals surface area contributed by atoms with Crippen LogP contribution in [0.4, 0.5) is 4.39 Å². The number of nitrogens with two attached hydrogens (primary N) is 1. The largest absolute Gasteiger partial charge is 0.481 e. The lowest BCUT2D eigenvalue weighted by Crippen LogP contribution is -2.05. The number of aromatic nitrogens is 1. The van der Waals surface area contributed by atoms with Gasteiger partial charge in [0.2, 0.25) is 5.88 Å². The highest BCUT2D eigenvalue weighted by molar-refractivity contribution is 5.75. The zero-order valence-electron chi connectivity index (χ0n) is 10.4. The highest BCUT2D eigenvalue weighted by atomic mass is 19.1. The van der Waals surface area contributed by atoms with Gasteiger partial charge in [0, 0.05) is 5.56 Å². The van der Waals surface area contributed by atoms with Gasteiger partial charge < -0.3 is 10.5 Å². The number of pyridine rings is 1. The number of ether oxygens (including phenoxy) is 1. The van der Waals surface area contributed by atoms with Gasteiger partial charge in [-0.3, -0.25) is 15.1 Å². The molecule has 0 spiro atoms. The van der Waals surface area contributed by atoms with Gasteiger partial charge in [0.25, 0.3) is 0 Å². The third-order valence-corrected chi connectivity index (χ3v) is 2.30. The van der Waals surface area contributed by atoms with Crippen molar-refractivity contribution in [1.82, 2.24) is 4.98 Å². The fourth-order valence-corrected chi connectivity index (χ4v) is 1.33. The van der Waals surface area contributed by atoms with Crippen LogP contribution in [0.3, 0.4) is 0 Å². The molecule has 0 bridgehead atoms. The number of nitrogens with zero attached hydrogens (tertiary/aromatic N) is 3. The van der Waals surface area contributed by atoms with Gasteiger partial charge in [0.1, 0.15) is 12.0 Å². The lowest BCUT2D eigenvalue weighted by Gasteiger charge is -2.10. The number of nitro groups is 1. The van der Waals surface area contributed by atoms with Crippen molar-refractivity contribution in [3.63, 3.8) is 0 Å². The molecule has 0 saturated carbocycles. The molecule has 1 aromatic heterocycles. The number of hydrogen-bond donors (Lipinski definition) is 1. The Morgan fingerprint density at radius 1 is 1.74 bits per heavy atom. The van der Waals surface area contributed by atoms with Crippen molar-refractivity contribution in [3.8, 4) is 5.88 Å². The molecule has 0 unspecified atom stereocenters. The predicted octanol–water partition coefficient (Wildman–Crippen LogP) is 1.44. The standard InChI is InChI=1S/C11H13FN4O3/c1-7(14-6-9(4-13)16(17)18)10-3-8(12)5-15-11(10)19-2/h3-7H,13H2,1-2H3/t7-/m0/s1. The maximum atomic E-state index is 13.1. The summed E-state index contributed by atoms with van der Waals surface area (Å²) in [5, 5.41) is 10.5. The highest BCUT2D eigenvalue weighted by Crippen LogP contribution is 2.25. The molecule has 1 aromatic rings. The first-order valence-electron chi connectivity index (χ1n) is 5.28. The Hall–Kier alpha value is -2.51. The van der Waals surface area contributed by atoms with Crippen LogP contribution >= 0.6 is 0 Å². The second-order valence-corrected chi connectivity index (χ2v) is 3.55. The minimum atomic E-state index is -0.669. The van der Waals surface area contributed by atoms with Gasteiger partial charge in [-0.25, -0.2) is 9.37 Å². The summed E-state index contributed by atoms with van der Waals surface area (Å²) in [6.07, 6.45) is 2.85. The van der Waals surface area contributed by atoms with E-state index in [0.717, 1.165) is 18.6 Å². The summed E-state index contributed by atoms with van der Waals surface area (Å²) < 4.78 is 18.1. The number of methoxy groups -OCH3 is 1. The summed E-state index contributed by atoms with van der Waals surface area (Å²) >= 11 is 0. The molecule has 0 aliphatic heterocycles. The maximum Gasteiger partial charge on any atom is 0.302 e. The van der Waals surface area contributed by atoms with Gasteiger partial charge in [0.15, 0.2) is 0 Å². The molecule has 1 heterocycles. The summed E-state index contributed by atoms with van der Waals surface area (Å²) in [4.78, 5) is 17.5. The van der Waals surface area contributed by atoms with E-state index in [1.807, 2.05) is 0 Å². The van der Waals surface area contributed by atoms with Gasteiger partial charge in [-0.1, -0.05) is 0 Å². The van der Waals surface area contributed by atoms with Crippen LogP contribution in [0.2, 0.25) is 0 Å². The van der Waals surface area contributed by atoms with Crippen LogP contribution in [-0.2, 0) is 0 Å². The Morgan fingerprint density at radius 2 is 2.42 bits per heavy atom. The zero-order valence-corrected chi connectivity index (χ0v) is 10.4. The van der Waals surface area contributed by atoms with Gasteiger partial charge in [-0.05, 0) is 13.0 Å². The molecule has 0 amide bonds. The second kappa shape index (κ2) is 6.43. The Bertz CT molecular complexity index is 531. The lowest BCUT2D eigenvalue weighted by molar-refractivity contribution is -0.414. The summed E-state index contributed by atoms with van der Waals surface area (Å²) in [6, 6.07) is 0.652. The van der Waals surface area contributed by atoms with Crippen LogP contribution in [0.5, 0.6) is 5.88 Å². The van der Waals surface area contributed by atoms with E-state index in [0.29, 0.717) is 5.56 Å². The molecule has 1 atom stereocenters. The first-order chi connectivity index (χ1) is 8.99. The summed E-state index contributed by atoms with van der Waals surface area (Å²) in [7, 11) is 1.39. The number of halogens is 1. The first-order valence-corrected chi connectivity index (χ1v) is 5.28. The van der Waals surface area contributed by atoms with Crippen molar-refractivity contribution in [3.05, 3.63) is 45.7 Å². The van der Waals surface area contributed by atoms with Crippen molar-refractivity contribution in [1.29, 1.82) is 0 Å². The molecule has 8 heteroatoms. The molecule has 2 N–H and O–H groups in total. The Labute approximate surface area is 108 Å². The molecule has 102 valence electrons. The molecule has 7 nitrogen and oxygen atoms in total. The maximum absolute atomic E-state index is 13.1. The van der Waals surface area contributed by atoms with E-state index < -0.39 is 16.8 Å². The smallest absolute Gasteiger partial charge is 0.302 e. The van der Waals surface area contributed by atoms with Crippen molar-refractivity contribution in [2.24, 2.45) is 10.7 Å². The van der Waals surface area contributed by atoms with Crippen molar-refractivity contribution < 1.29 is 14.1 Å². The molecule has 0 fully saturated rings. The summed E-state index contributed by atoms with van der Waals surface area (Å²) in [6.45, 7) is 1.63. The molecule has 0 aliphatic rings. The van der Waals surface area contributed by atoms with Crippen LogP contribution in [0.1, 0.15) is 18.5 Å². The third-order valence-electron chi connectivity index (χ3n) is 2.30. The SMILES string of the molecule is COc1ncc(F)cc1[C@H](C)N=CC(=CN)[N+](=O)[O-]. The van der Waals surface area contributed by atoms with Crippen LogP contribution in [-0.4, -0.2) is 23.2 Å². The molecule has 1 rings (SSSR count). The van der Waals surface area contributed by atoms with E-state index in [-0.39, 0.29) is 11.6 Å². The molecule has 0 aromatic carbocycles. The fourth-order valence-electron chi connectivity index (χ4n) is 1.33. The first kappa shape index (κ1) is 14.6. The lowest BCUT2D eigenvalue weighted by atomic mass is 10.1. The monoisotopic (exact) mass is 268 g/mol. The summed E-state index contributed by atoms with van der Waals surface area (Å²) in [5.41, 5.74) is 5.12. The molecule has 0 aliphatic carbocycles. The second-order valence-electron chi connectivity index (χ2n) is 3.55. The van der Waals surface area contributed by atoms with E-state index >= 15 is 0 Å². The van der Waals surface area contributed by atoms with E-state index in [1.54, 1.807) is 6.92 Å². The highest BCUT2D eigenvalue weighted by Gasteiger charge is 2.14. The molecule has 19 heavy (non-hydrogen) atoms. The van der Waals surface area contributed by atoms with Crippen molar-refractivity contribution in [2.75, 3.05) is 7.11 Å². The molecular formula is C11H13FN4O3.